The van der Waals surface area contributed by atoms with E-state index in [1.165, 1.54) is 86.9 Å². The topological polar surface area (TPSA) is 9.86 Å². The van der Waals surface area contributed by atoms with Gasteiger partial charge < -0.3 is 9.13 Å². The van der Waals surface area contributed by atoms with E-state index in [0.717, 1.165) is 0 Å². The van der Waals surface area contributed by atoms with Gasteiger partial charge in [0, 0.05) is 32.9 Å². The molecule has 3 heteroatoms. The van der Waals surface area contributed by atoms with Crippen LogP contribution < -0.4 is 20.7 Å². The molecule has 0 fully saturated rings. The number of hydrogen-bond acceptors (Lipinski definition) is 0. The number of hydrogen-bond donors (Lipinski definition) is 0. The summed E-state index contributed by atoms with van der Waals surface area (Å²) < 4.78 is 4.96. The lowest BCUT2D eigenvalue weighted by molar-refractivity contribution is 0.590. The minimum absolute atomic E-state index is 0.0493. The molecular formula is C56H50N2Si. The summed E-state index contributed by atoms with van der Waals surface area (Å²) in [4.78, 5) is 0. The highest BCUT2D eigenvalue weighted by Crippen LogP contribution is 2.39. The molecule has 0 aliphatic heterocycles. The fourth-order valence-corrected chi connectivity index (χ4v) is 14.3. The van der Waals surface area contributed by atoms with Crippen molar-refractivity contribution in [3.63, 3.8) is 0 Å². The maximum Gasteiger partial charge on any atom is 0.179 e. The number of fused-ring (bicyclic) bond motifs is 6. The first-order valence-electron chi connectivity index (χ1n) is 20.9. The lowest BCUT2D eigenvalue weighted by Gasteiger charge is -2.34. The number of rotatable bonds is 6. The van der Waals surface area contributed by atoms with Crippen LogP contribution in [0.1, 0.15) is 52.7 Å². The molecule has 0 aliphatic rings. The van der Waals surface area contributed by atoms with E-state index in [1.807, 2.05) is 0 Å². The predicted molar refractivity (Wildman–Crippen MR) is 256 cm³/mol. The predicted octanol–water partition coefficient (Wildman–Crippen LogP) is 11.9. The summed E-state index contributed by atoms with van der Waals surface area (Å²) in [5, 5.41) is 10.6. The van der Waals surface area contributed by atoms with Gasteiger partial charge in [0.2, 0.25) is 0 Å². The van der Waals surface area contributed by atoms with Crippen LogP contribution in [0.15, 0.2) is 194 Å². The molecule has 0 N–H and O–H groups in total. The van der Waals surface area contributed by atoms with Gasteiger partial charge >= 0.3 is 0 Å². The van der Waals surface area contributed by atoms with Gasteiger partial charge in [-0.1, -0.05) is 175 Å². The molecule has 8 aromatic carbocycles. The van der Waals surface area contributed by atoms with E-state index in [-0.39, 0.29) is 10.8 Å². The molecule has 10 aromatic rings. The third-order valence-corrected chi connectivity index (χ3v) is 17.3. The highest BCUT2D eigenvalue weighted by molar-refractivity contribution is 7.19. The van der Waals surface area contributed by atoms with Crippen LogP contribution >= 0.6 is 0 Å². The first-order chi connectivity index (χ1) is 28.5. The van der Waals surface area contributed by atoms with Crippen molar-refractivity contribution in [2.24, 2.45) is 0 Å². The minimum Gasteiger partial charge on any atom is -0.309 e. The van der Waals surface area contributed by atoms with Gasteiger partial charge in [0.1, 0.15) is 0 Å². The normalized spacial score (nSPS) is 12.6. The van der Waals surface area contributed by atoms with Crippen LogP contribution in [0.4, 0.5) is 0 Å². The van der Waals surface area contributed by atoms with Crippen molar-refractivity contribution in [3.05, 3.63) is 205 Å². The van der Waals surface area contributed by atoms with Crippen LogP contribution in [-0.2, 0) is 10.8 Å². The zero-order valence-electron chi connectivity index (χ0n) is 34.9. The molecule has 10 rings (SSSR count). The number of para-hydroxylation sites is 1. The molecule has 2 nitrogen and oxygen atoms in total. The molecule has 0 radical (unpaired) electrons. The van der Waals surface area contributed by atoms with E-state index >= 15 is 0 Å². The van der Waals surface area contributed by atoms with Gasteiger partial charge in [-0.05, 0) is 103 Å². The van der Waals surface area contributed by atoms with Gasteiger partial charge in [-0.2, -0.15) is 0 Å². The molecule has 2 heterocycles. The van der Waals surface area contributed by atoms with Crippen LogP contribution in [0.25, 0.3) is 55.0 Å². The zero-order valence-corrected chi connectivity index (χ0v) is 35.9. The quantitative estimate of drug-likeness (QED) is 0.118. The van der Waals surface area contributed by atoms with Gasteiger partial charge in [0.25, 0.3) is 0 Å². The third-order valence-electron chi connectivity index (χ3n) is 12.6. The average Bonchev–Trinajstić information content (AvgIpc) is 3.76. The fourth-order valence-electron chi connectivity index (χ4n) is 9.56. The molecule has 0 saturated heterocycles. The summed E-state index contributed by atoms with van der Waals surface area (Å²) in [5.74, 6) is 0. The molecular weight excluding hydrogens is 729 g/mol. The fraction of sp³-hybridized carbons (Fsp3) is 0.143. The zero-order chi connectivity index (χ0) is 40.5. The van der Waals surface area contributed by atoms with E-state index in [9.17, 15) is 0 Å². The molecule has 0 bridgehead atoms. The summed E-state index contributed by atoms with van der Waals surface area (Å²) in [7, 11) is -2.73. The summed E-state index contributed by atoms with van der Waals surface area (Å²) in [5.41, 5.74) is 10.0. The molecule has 288 valence electrons. The monoisotopic (exact) mass is 778 g/mol. The van der Waals surface area contributed by atoms with Gasteiger partial charge in [-0.25, -0.2) is 0 Å². The van der Waals surface area contributed by atoms with E-state index in [4.69, 9.17) is 0 Å². The lowest BCUT2D eigenvalue weighted by Crippen LogP contribution is -2.74. The first-order valence-corrected chi connectivity index (χ1v) is 22.9. The summed E-state index contributed by atoms with van der Waals surface area (Å²) in [6.07, 6.45) is 0. The molecule has 0 saturated carbocycles. The molecule has 0 unspecified atom stereocenters. The maximum atomic E-state index is 2.48. The second kappa shape index (κ2) is 13.9. The van der Waals surface area contributed by atoms with Crippen molar-refractivity contribution in [2.45, 2.75) is 52.4 Å². The minimum atomic E-state index is -2.73. The highest BCUT2D eigenvalue weighted by atomic mass is 28.3. The van der Waals surface area contributed by atoms with E-state index in [2.05, 4.69) is 245 Å². The Morgan fingerprint density at radius 1 is 0.305 bits per heavy atom. The SMILES string of the molecule is CC(C)(C)c1ccc2c(c1)c1cc(C(C)(C)C)ccc1n2-c1ccc2c(c1)c1ccccc1n2-c1cccc([Si](c2ccccc2)(c2ccccc2)c2ccccc2)c1. The Kier molecular flexibility index (Phi) is 8.66. The largest absolute Gasteiger partial charge is 0.309 e. The maximum absolute atomic E-state index is 2.73. The van der Waals surface area contributed by atoms with Gasteiger partial charge in [0.05, 0.1) is 22.1 Å². The third kappa shape index (κ3) is 5.98. The Labute approximate surface area is 349 Å². The van der Waals surface area contributed by atoms with Crippen molar-refractivity contribution in [1.29, 1.82) is 0 Å². The Hall–Kier alpha value is -6.42. The van der Waals surface area contributed by atoms with Crippen molar-refractivity contribution in [3.8, 4) is 11.4 Å². The molecule has 2 aromatic heterocycles. The Morgan fingerprint density at radius 3 is 1.19 bits per heavy atom. The average molecular weight is 779 g/mol. The highest BCUT2D eigenvalue weighted by Gasteiger charge is 2.41. The Bertz CT molecular complexity index is 2990. The van der Waals surface area contributed by atoms with Crippen LogP contribution in [0, 0.1) is 0 Å². The lowest BCUT2D eigenvalue weighted by atomic mass is 9.85. The van der Waals surface area contributed by atoms with Crippen molar-refractivity contribution in [2.75, 3.05) is 0 Å². The molecule has 0 spiro atoms. The van der Waals surface area contributed by atoms with Crippen LogP contribution in [-0.4, -0.2) is 17.2 Å². The summed E-state index contributed by atoms with van der Waals surface area (Å²) in [6, 6.07) is 73.2. The number of benzene rings is 8. The standard InChI is InChI=1S/C56H50N2Si/c1-55(2,3)39-29-32-52-48(35-39)49-36-40(56(4,5)6)30-33-53(49)58(52)42-31-34-54-50(38-42)47-27-16-17-28-51(47)57(54)41-19-18-26-46(37-41)59(43-20-10-7-11-21-43,44-22-12-8-13-23-44)45-24-14-9-15-25-45/h7-38H,1-6H3. The van der Waals surface area contributed by atoms with Crippen LogP contribution in [0.3, 0.4) is 0 Å². The Morgan fingerprint density at radius 2 is 0.695 bits per heavy atom. The number of aromatic nitrogens is 2. The number of nitrogens with zero attached hydrogens (tertiary/aromatic N) is 2. The van der Waals surface area contributed by atoms with Gasteiger partial charge in [0.15, 0.2) is 8.07 Å². The van der Waals surface area contributed by atoms with Crippen molar-refractivity contribution >= 4 is 72.4 Å². The second-order valence-electron chi connectivity index (χ2n) is 18.3. The van der Waals surface area contributed by atoms with Crippen LogP contribution in [0.5, 0.6) is 0 Å². The van der Waals surface area contributed by atoms with Gasteiger partial charge in [-0.3, -0.25) is 0 Å². The van der Waals surface area contributed by atoms with E-state index in [1.54, 1.807) is 0 Å². The van der Waals surface area contributed by atoms with Crippen LogP contribution in [0.2, 0.25) is 0 Å². The van der Waals surface area contributed by atoms with E-state index < -0.39 is 8.07 Å². The molecule has 59 heavy (non-hydrogen) atoms. The van der Waals surface area contributed by atoms with Crippen molar-refractivity contribution < 1.29 is 0 Å². The first kappa shape index (κ1) is 36.9. The summed E-state index contributed by atoms with van der Waals surface area (Å²) in [6.45, 7) is 13.8. The van der Waals surface area contributed by atoms with Gasteiger partial charge in [-0.15, -0.1) is 0 Å². The van der Waals surface area contributed by atoms with Crippen molar-refractivity contribution in [1.82, 2.24) is 9.13 Å². The van der Waals surface area contributed by atoms with E-state index in [0.29, 0.717) is 0 Å². The molecule has 0 aliphatic carbocycles. The smallest absolute Gasteiger partial charge is 0.179 e. The Balaban J connectivity index is 1.21. The molecule has 0 amide bonds. The summed E-state index contributed by atoms with van der Waals surface area (Å²) >= 11 is 0. The molecule has 0 atom stereocenters. The second-order valence-corrected chi connectivity index (χ2v) is 22.1.